The van der Waals surface area contributed by atoms with Crippen LogP contribution in [0.3, 0.4) is 0 Å². The molecule has 23 heavy (non-hydrogen) atoms. The van der Waals surface area contributed by atoms with E-state index in [1.807, 2.05) is 0 Å². The maximum absolute atomic E-state index is 13.2. The number of alkyl halides is 3. The van der Waals surface area contributed by atoms with Crippen molar-refractivity contribution < 1.29 is 23.0 Å². The molecule has 1 N–H and O–H groups in total. The van der Waals surface area contributed by atoms with Crippen LogP contribution >= 0.6 is 0 Å². The Morgan fingerprint density at radius 1 is 0.957 bits per heavy atom. The Balaban J connectivity index is 2.70. The highest BCUT2D eigenvalue weighted by Gasteiger charge is 2.39. The normalized spacial score (nSPS) is 11.1. The van der Waals surface area contributed by atoms with E-state index in [4.69, 9.17) is 0 Å². The van der Waals surface area contributed by atoms with E-state index in [0.29, 0.717) is 6.07 Å². The molecule has 0 aromatic heterocycles. The van der Waals surface area contributed by atoms with Gasteiger partial charge in [0.25, 0.3) is 11.4 Å². The van der Waals surface area contributed by atoms with Gasteiger partial charge in [-0.15, -0.1) is 0 Å². The number of nitro benzene ring substituents is 2. The van der Waals surface area contributed by atoms with Gasteiger partial charge in [0.2, 0.25) is 0 Å². The minimum absolute atomic E-state index is 0.176. The second-order valence-electron chi connectivity index (χ2n) is 4.39. The van der Waals surface area contributed by atoms with E-state index in [2.05, 4.69) is 5.32 Å². The molecule has 0 saturated carbocycles. The Morgan fingerprint density at radius 2 is 1.57 bits per heavy atom. The average Bonchev–Trinajstić information content (AvgIpc) is 2.46. The molecule has 120 valence electrons. The van der Waals surface area contributed by atoms with E-state index in [-0.39, 0.29) is 11.8 Å². The fraction of sp³-hybridized carbons (Fsp3) is 0.0769. The highest BCUT2D eigenvalue weighted by Crippen LogP contribution is 2.43. The molecule has 0 aliphatic heterocycles. The summed E-state index contributed by atoms with van der Waals surface area (Å²) in [5, 5.41) is 24.1. The van der Waals surface area contributed by atoms with Crippen LogP contribution in [-0.2, 0) is 6.18 Å². The molecule has 0 fully saturated rings. The molecular formula is C13H8F3N3O4. The highest BCUT2D eigenvalue weighted by molar-refractivity contribution is 5.76. The molecule has 0 aliphatic rings. The van der Waals surface area contributed by atoms with Crippen molar-refractivity contribution >= 4 is 22.7 Å². The van der Waals surface area contributed by atoms with Crippen LogP contribution in [0, 0.1) is 20.2 Å². The van der Waals surface area contributed by atoms with Gasteiger partial charge in [0.15, 0.2) is 0 Å². The first-order valence-electron chi connectivity index (χ1n) is 6.06. The zero-order valence-corrected chi connectivity index (χ0v) is 11.2. The van der Waals surface area contributed by atoms with Gasteiger partial charge in [0, 0.05) is 11.8 Å². The summed E-state index contributed by atoms with van der Waals surface area (Å²) in [6, 6.07) is 8.22. The Labute approximate surface area is 126 Å². The van der Waals surface area contributed by atoms with E-state index >= 15 is 0 Å². The third kappa shape index (κ3) is 3.54. The van der Waals surface area contributed by atoms with Gasteiger partial charge in [-0.1, -0.05) is 18.2 Å². The zero-order valence-electron chi connectivity index (χ0n) is 11.2. The molecule has 0 bridgehead atoms. The lowest BCUT2D eigenvalue weighted by Gasteiger charge is -2.14. The number of rotatable bonds is 4. The standard InChI is InChI=1S/C13H8F3N3O4/c14-13(15,16)10-6-9(18(20)21)7-11(19(22)23)12(10)17-8-4-2-1-3-5-8/h1-7,17H. The lowest BCUT2D eigenvalue weighted by Crippen LogP contribution is -2.11. The fourth-order valence-corrected chi connectivity index (χ4v) is 1.88. The summed E-state index contributed by atoms with van der Waals surface area (Å²) in [6.07, 6.45) is -5.01. The Kier molecular flexibility index (Phi) is 4.16. The van der Waals surface area contributed by atoms with Gasteiger partial charge >= 0.3 is 6.18 Å². The average molecular weight is 327 g/mol. The van der Waals surface area contributed by atoms with Crippen molar-refractivity contribution in [2.75, 3.05) is 5.32 Å². The van der Waals surface area contributed by atoms with Gasteiger partial charge in [-0.3, -0.25) is 20.2 Å². The number of nitrogens with one attached hydrogen (secondary N) is 1. The van der Waals surface area contributed by atoms with Crippen LogP contribution in [0.25, 0.3) is 0 Å². The molecule has 0 unspecified atom stereocenters. The number of halogens is 3. The van der Waals surface area contributed by atoms with Crippen molar-refractivity contribution in [1.29, 1.82) is 0 Å². The van der Waals surface area contributed by atoms with Gasteiger partial charge in [-0.25, -0.2) is 0 Å². The largest absolute Gasteiger partial charge is 0.418 e. The predicted molar refractivity (Wildman–Crippen MR) is 74.5 cm³/mol. The van der Waals surface area contributed by atoms with Crippen LogP contribution in [0.2, 0.25) is 0 Å². The molecule has 10 heteroatoms. The molecule has 2 rings (SSSR count). The second kappa shape index (κ2) is 5.91. The molecule has 7 nitrogen and oxygen atoms in total. The summed E-state index contributed by atoms with van der Waals surface area (Å²) in [5.41, 5.74) is -4.20. The maximum atomic E-state index is 13.2. The number of hydrogen-bond donors (Lipinski definition) is 1. The molecule has 0 saturated heterocycles. The second-order valence-corrected chi connectivity index (χ2v) is 4.39. The molecule has 0 heterocycles. The predicted octanol–water partition coefficient (Wildman–Crippen LogP) is 4.27. The summed E-state index contributed by atoms with van der Waals surface area (Å²) in [5.74, 6) is 0. The first kappa shape index (κ1) is 16.2. The number of para-hydroxylation sites is 1. The Bertz CT molecular complexity index is 763. The van der Waals surface area contributed by atoms with Crippen molar-refractivity contribution in [3.63, 3.8) is 0 Å². The Morgan fingerprint density at radius 3 is 2.04 bits per heavy atom. The Hall–Kier alpha value is -3.17. The zero-order chi connectivity index (χ0) is 17.2. The number of non-ortho nitro benzene ring substituents is 1. The molecule has 0 radical (unpaired) electrons. The lowest BCUT2D eigenvalue weighted by molar-refractivity contribution is -0.394. The van der Waals surface area contributed by atoms with Crippen LogP contribution in [-0.4, -0.2) is 9.85 Å². The number of nitrogens with zero attached hydrogens (tertiary/aromatic N) is 2. The summed E-state index contributed by atoms with van der Waals surface area (Å²) < 4.78 is 39.5. The van der Waals surface area contributed by atoms with E-state index in [0.717, 1.165) is 0 Å². The first-order valence-corrected chi connectivity index (χ1v) is 6.06. The molecule has 0 spiro atoms. The van der Waals surface area contributed by atoms with E-state index in [1.165, 1.54) is 24.3 Å². The minimum Gasteiger partial charge on any atom is -0.349 e. The van der Waals surface area contributed by atoms with Crippen molar-refractivity contribution in [2.24, 2.45) is 0 Å². The number of nitro groups is 2. The highest BCUT2D eigenvalue weighted by atomic mass is 19.4. The third-order valence-corrected chi connectivity index (χ3v) is 2.86. The van der Waals surface area contributed by atoms with E-state index in [1.54, 1.807) is 6.07 Å². The van der Waals surface area contributed by atoms with Crippen LogP contribution in [0.15, 0.2) is 42.5 Å². The number of benzene rings is 2. The van der Waals surface area contributed by atoms with E-state index in [9.17, 15) is 33.4 Å². The van der Waals surface area contributed by atoms with Crippen LogP contribution in [0.5, 0.6) is 0 Å². The van der Waals surface area contributed by atoms with Crippen molar-refractivity contribution in [1.82, 2.24) is 0 Å². The summed E-state index contributed by atoms with van der Waals surface area (Å²) in [6.45, 7) is 0. The van der Waals surface area contributed by atoms with Crippen molar-refractivity contribution in [3.8, 4) is 0 Å². The fourth-order valence-electron chi connectivity index (χ4n) is 1.88. The van der Waals surface area contributed by atoms with Gasteiger partial charge in [-0.05, 0) is 12.1 Å². The summed E-state index contributed by atoms with van der Waals surface area (Å²) in [4.78, 5) is 19.5. The molecule has 0 atom stereocenters. The van der Waals surface area contributed by atoms with Crippen LogP contribution in [0.1, 0.15) is 5.56 Å². The SMILES string of the molecule is O=[N+]([O-])c1cc([N+](=O)[O-])c(Nc2ccccc2)c(C(F)(F)F)c1. The number of hydrogen-bond acceptors (Lipinski definition) is 5. The topological polar surface area (TPSA) is 98.3 Å². The van der Waals surface area contributed by atoms with Gasteiger partial charge in [-0.2, -0.15) is 13.2 Å². The van der Waals surface area contributed by atoms with Gasteiger partial charge < -0.3 is 5.32 Å². The lowest BCUT2D eigenvalue weighted by atomic mass is 10.1. The number of anilines is 2. The van der Waals surface area contributed by atoms with Gasteiger partial charge in [0.1, 0.15) is 5.69 Å². The molecular weight excluding hydrogens is 319 g/mol. The van der Waals surface area contributed by atoms with Crippen LogP contribution in [0.4, 0.5) is 35.9 Å². The first-order chi connectivity index (χ1) is 10.7. The summed E-state index contributed by atoms with van der Waals surface area (Å²) in [7, 11) is 0. The maximum Gasteiger partial charge on any atom is 0.418 e. The molecule has 2 aromatic rings. The van der Waals surface area contributed by atoms with E-state index < -0.39 is 38.6 Å². The molecule has 0 aliphatic carbocycles. The monoisotopic (exact) mass is 327 g/mol. The van der Waals surface area contributed by atoms with Crippen molar-refractivity contribution in [3.05, 3.63) is 68.3 Å². The van der Waals surface area contributed by atoms with Gasteiger partial charge in [0.05, 0.1) is 21.5 Å². The van der Waals surface area contributed by atoms with Crippen LogP contribution < -0.4 is 5.32 Å². The van der Waals surface area contributed by atoms with Crippen molar-refractivity contribution in [2.45, 2.75) is 6.18 Å². The molecule has 0 amide bonds. The summed E-state index contributed by atoms with van der Waals surface area (Å²) >= 11 is 0. The smallest absolute Gasteiger partial charge is 0.349 e. The quantitative estimate of drug-likeness (QED) is 0.668. The minimum atomic E-state index is -5.01. The third-order valence-electron chi connectivity index (χ3n) is 2.86. The molecule has 2 aromatic carbocycles.